The van der Waals surface area contributed by atoms with Gasteiger partial charge in [-0.25, -0.2) is 4.98 Å². The Morgan fingerprint density at radius 3 is 2.79 bits per heavy atom. The maximum absolute atomic E-state index is 13.1. The lowest BCUT2D eigenvalue weighted by Crippen LogP contribution is -2.22. The van der Waals surface area contributed by atoms with Crippen LogP contribution in [-0.4, -0.2) is 15.6 Å². The van der Waals surface area contributed by atoms with Gasteiger partial charge in [0.2, 0.25) is 0 Å². The van der Waals surface area contributed by atoms with Gasteiger partial charge in [0.1, 0.15) is 22.8 Å². The number of aryl methyl sites for hydroxylation is 1. The summed E-state index contributed by atoms with van der Waals surface area (Å²) in [5.74, 6) is 1.18. The summed E-state index contributed by atoms with van der Waals surface area (Å²) in [7, 11) is 0. The molecular formula is C21H18BrN5O2. The van der Waals surface area contributed by atoms with E-state index in [1.165, 1.54) is 10.6 Å². The number of benzene rings is 1. The van der Waals surface area contributed by atoms with Crippen LogP contribution in [0.25, 0.3) is 5.65 Å². The minimum atomic E-state index is -0.206. The van der Waals surface area contributed by atoms with E-state index in [0.29, 0.717) is 23.6 Å². The van der Waals surface area contributed by atoms with Crippen molar-refractivity contribution in [2.24, 2.45) is 5.10 Å². The molecule has 0 amide bonds. The summed E-state index contributed by atoms with van der Waals surface area (Å²) in [6.07, 6.45) is 4.85. The number of nitrogens with zero attached hydrogens (tertiary/aromatic N) is 3. The van der Waals surface area contributed by atoms with Crippen LogP contribution < -0.4 is 16.3 Å². The van der Waals surface area contributed by atoms with Crippen LogP contribution in [0.5, 0.6) is 0 Å². The maximum Gasteiger partial charge on any atom is 0.268 e. The molecule has 8 heteroatoms. The van der Waals surface area contributed by atoms with Crippen LogP contribution in [-0.2, 0) is 6.54 Å². The minimum Gasteiger partial charge on any atom is -0.467 e. The van der Waals surface area contributed by atoms with Crippen molar-refractivity contribution in [3.8, 4) is 0 Å². The lowest BCUT2D eigenvalue weighted by molar-refractivity contribution is 0.518. The Labute approximate surface area is 175 Å². The van der Waals surface area contributed by atoms with E-state index in [2.05, 4.69) is 36.8 Å². The van der Waals surface area contributed by atoms with Crippen LogP contribution in [0.3, 0.4) is 0 Å². The Morgan fingerprint density at radius 2 is 2.03 bits per heavy atom. The molecule has 3 aromatic heterocycles. The number of hydrazone groups is 1. The van der Waals surface area contributed by atoms with Gasteiger partial charge in [-0.15, -0.1) is 0 Å². The Morgan fingerprint density at radius 1 is 1.21 bits per heavy atom. The van der Waals surface area contributed by atoms with Crippen LogP contribution in [0.15, 0.2) is 79.8 Å². The van der Waals surface area contributed by atoms with Gasteiger partial charge in [0.15, 0.2) is 0 Å². The summed E-state index contributed by atoms with van der Waals surface area (Å²) < 4.78 is 7.85. The molecule has 0 unspecified atom stereocenters. The Bertz CT molecular complexity index is 1210. The average molecular weight is 452 g/mol. The number of pyridine rings is 1. The Balaban J connectivity index is 1.69. The zero-order valence-corrected chi connectivity index (χ0v) is 17.2. The third-order valence-corrected chi connectivity index (χ3v) is 4.78. The van der Waals surface area contributed by atoms with Crippen molar-refractivity contribution >= 4 is 39.3 Å². The summed E-state index contributed by atoms with van der Waals surface area (Å²) in [6, 6.07) is 15.0. The molecule has 0 aliphatic carbocycles. The summed E-state index contributed by atoms with van der Waals surface area (Å²) in [5.41, 5.74) is 5.40. The fraction of sp³-hybridized carbons (Fsp3) is 0.0952. The molecular weight excluding hydrogens is 434 g/mol. The van der Waals surface area contributed by atoms with Crippen LogP contribution >= 0.6 is 15.9 Å². The molecule has 0 bridgehead atoms. The monoisotopic (exact) mass is 451 g/mol. The molecule has 2 N–H and O–H groups in total. The fourth-order valence-corrected chi connectivity index (χ4v) is 3.05. The van der Waals surface area contributed by atoms with E-state index >= 15 is 0 Å². The molecule has 146 valence electrons. The van der Waals surface area contributed by atoms with E-state index in [0.717, 1.165) is 21.5 Å². The van der Waals surface area contributed by atoms with E-state index in [9.17, 15) is 4.79 Å². The van der Waals surface area contributed by atoms with Gasteiger partial charge in [0.25, 0.3) is 5.56 Å². The van der Waals surface area contributed by atoms with Crippen LogP contribution in [0.2, 0.25) is 0 Å². The van der Waals surface area contributed by atoms with Crippen molar-refractivity contribution in [2.45, 2.75) is 13.5 Å². The van der Waals surface area contributed by atoms with Crippen molar-refractivity contribution in [3.05, 3.63) is 92.7 Å². The zero-order chi connectivity index (χ0) is 20.2. The lowest BCUT2D eigenvalue weighted by atomic mass is 10.2. The zero-order valence-electron chi connectivity index (χ0n) is 15.6. The summed E-state index contributed by atoms with van der Waals surface area (Å²) in [4.78, 5) is 17.7. The molecule has 0 aliphatic rings. The highest BCUT2D eigenvalue weighted by Gasteiger charge is 2.12. The second kappa shape index (κ2) is 8.32. The summed E-state index contributed by atoms with van der Waals surface area (Å²) in [6.45, 7) is 2.33. The molecule has 0 atom stereocenters. The highest BCUT2D eigenvalue weighted by atomic mass is 79.9. The first kappa shape index (κ1) is 18.9. The number of aromatic nitrogens is 2. The van der Waals surface area contributed by atoms with Crippen molar-refractivity contribution in [1.82, 2.24) is 9.38 Å². The van der Waals surface area contributed by atoms with Gasteiger partial charge >= 0.3 is 0 Å². The number of furan rings is 1. The largest absolute Gasteiger partial charge is 0.467 e. The second-order valence-electron chi connectivity index (χ2n) is 6.42. The van der Waals surface area contributed by atoms with E-state index in [1.54, 1.807) is 12.5 Å². The number of fused-ring (bicyclic) bond motifs is 1. The van der Waals surface area contributed by atoms with Gasteiger partial charge in [0.05, 0.1) is 24.7 Å². The van der Waals surface area contributed by atoms with Crippen LogP contribution in [0.1, 0.15) is 16.9 Å². The highest BCUT2D eigenvalue weighted by Crippen LogP contribution is 2.15. The average Bonchev–Trinajstić information content (AvgIpc) is 3.24. The summed E-state index contributed by atoms with van der Waals surface area (Å²) >= 11 is 3.40. The SMILES string of the molecule is Cc1ccc2nc(NCc3ccco3)c(/C=N/Nc3ccc(Br)cc3)c(=O)n2c1. The normalized spacial score (nSPS) is 11.2. The van der Waals surface area contributed by atoms with Gasteiger partial charge in [-0.3, -0.25) is 14.6 Å². The third kappa shape index (κ3) is 4.38. The van der Waals surface area contributed by atoms with Crippen molar-refractivity contribution in [1.29, 1.82) is 0 Å². The Hall–Kier alpha value is -3.39. The predicted molar refractivity (Wildman–Crippen MR) is 118 cm³/mol. The first-order valence-corrected chi connectivity index (χ1v) is 9.73. The molecule has 0 radical (unpaired) electrons. The van der Waals surface area contributed by atoms with Crippen molar-refractivity contribution in [3.63, 3.8) is 0 Å². The van der Waals surface area contributed by atoms with Gasteiger partial charge in [-0.2, -0.15) is 5.10 Å². The van der Waals surface area contributed by atoms with Gasteiger partial charge in [-0.05, 0) is 55.0 Å². The Kier molecular flexibility index (Phi) is 5.44. The topological polar surface area (TPSA) is 83.9 Å². The van der Waals surface area contributed by atoms with Crippen LogP contribution in [0.4, 0.5) is 11.5 Å². The lowest BCUT2D eigenvalue weighted by Gasteiger charge is -2.10. The highest BCUT2D eigenvalue weighted by molar-refractivity contribution is 9.10. The van der Waals surface area contributed by atoms with E-state index < -0.39 is 0 Å². The molecule has 3 heterocycles. The quantitative estimate of drug-likeness (QED) is 0.334. The molecule has 4 rings (SSSR count). The second-order valence-corrected chi connectivity index (χ2v) is 7.34. The predicted octanol–water partition coefficient (Wildman–Crippen LogP) is 4.42. The van der Waals surface area contributed by atoms with E-state index in [-0.39, 0.29) is 5.56 Å². The number of hydrogen-bond acceptors (Lipinski definition) is 6. The molecule has 1 aromatic carbocycles. The van der Waals surface area contributed by atoms with Gasteiger partial charge in [0, 0.05) is 10.7 Å². The minimum absolute atomic E-state index is 0.206. The molecule has 0 aliphatic heterocycles. The molecule has 0 spiro atoms. The molecule has 29 heavy (non-hydrogen) atoms. The number of hydrogen-bond donors (Lipinski definition) is 2. The van der Waals surface area contributed by atoms with Gasteiger partial charge < -0.3 is 9.73 Å². The number of rotatable bonds is 6. The maximum atomic E-state index is 13.1. The third-order valence-electron chi connectivity index (χ3n) is 4.25. The summed E-state index contributed by atoms with van der Waals surface area (Å²) in [5, 5.41) is 7.41. The van der Waals surface area contributed by atoms with Crippen LogP contribution in [0, 0.1) is 6.92 Å². The van der Waals surface area contributed by atoms with E-state index in [1.807, 2.05) is 55.5 Å². The molecule has 4 aromatic rings. The van der Waals surface area contributed by atoms with Crippen molar-refractivity contribution in [2.75, 3.05) is 10.7 Å². The number of nitrogens with one attached hydrogen (secondary N) is 2. The fourth-order valence-electron chi connectivity index (χ4n) is 2.79. The molecule has 7 nitrogen and oxygen atoms in total. The standard InChI is InChI=1S/C21H18BrN5O2/c1-14-4-9-19-25-20(23-11-17-3-2-10-29-17)18(21(28)27(19)13-14)12-24-26-16-7-5-15(22)6-8-16/h2-10,12-13,23,26H,11H2,1H3/b24-12+. The smallest absolute Gasteiger partial charge is 0.268 e. The number of anilines is 2. The molecule has 0 fully saturated rings. The van der Waals surface area contributed by atoms with Crippen molar-refractivity contribution < 1.29 is 4.42 Å². The number of halogens is 1. The first-order chi connectivity index (χ1) is 14.1. The van der Waals surface area contributed by atoms with E-state index in [4.69, 9.17) is 4.42 Å². The molecule has 0 saturated heterocycles. The van der Waals surface area contributed by atoms with Gasteiger partial charge in [-0.1, -0.05) is 22.0 Å². The first-order valence-electron chi connectivity index (χ1n) is 8.94. The molecule has 0 saturated carbocycles.